The van der Waals surface area contributed by atoms with Gasteiger partial charge in [0.25, 0.3) is 5.91 Å². The minimum absolute atomic E-state index is 0.414. The Bertz CT molecular complexity index is 469. The Morgan fingerprint density at radius 2 is 2.30 bits per heavy atom. The van der Waals surface area contributed by atoms with Crippen LogP contribution in [-0.2, 0) is 0 Å². The third-order valence-electron chi connectivity index (χ3n) is 3.81. The Hall–Kier alpha value is -1.62. The number of nitrogens with one attached hydrogen (secondary N) is 1. The molecule has 1 amide bonds. The number of amides is 1. The summed E-state index contributed by atoms with van der Waals surface area (Å²) in [6.45, 7) is 6.77. The lowest BCUT2D eigenvalue weighted by atomic mass is 10.0. The summed E-state index contributed by atoms with van der Waals surface area (Å²) in [5, 5.41) is 3.53. The van der Waals surface area contributed by atoms with Crippen molar-refractivity contribution < 1.29 is 4.79 Å². The molecule has 1 atom stereocenters. The Morgan fingerprint density at radius 1 is 1.50 bits per heavy atom. The van der Waals surface area contributed by atoms with E-state index in [1.54, 1.807) is 6.07 Å². The van der Waals surface area contributed by atoms with Gasteiger partial charge in [-0.05, 0) is 45.4 Å². The number of piperidine rings is 1. The van der Waals surface area contributed by atoms with Crippen LogP contribution in [0.5, 0.6) is 0 Å². The summed E-state index contributed by atoms with van der Waals surface area (Å²) in [5.74, 6) is 0.301. The summed E-state index contributed by atoms with van der Waals surface area (Å²) < 4.78 is 0. The van der Waals surface area contributed by atoms with Crippen molar-refractivity contribution >= 4 is 11.7 Å². The van der Waals surface area contributed by atoms with Crippen LogP contribution < -0.4 is 16.0 Å². The molecule has 1 aliphatic rings. The zero-order valence-electron chi connectivity index (χ0n) is 12.4. The fraction of sp³-hybridized carbons (Fsp3) is 0.600. The molecule has 2 rings (SSSR count). The van der Waals surface area contributed by atoms with E-state index in [9.17, 15) is 4.79 Å². The molecule has 1 aliphatic heterocycles. The van der Waals surface area contributed by atoms with Gasteiger partial charge in [-0.3, -0.25) is 4.79 Å². The van der Waals surface area contributed by atoms with Gasteiger partial charge in [0.2, 0.25) is 0 Å². The first-order chi connectivity index (χ1) is 9.61. The predicted molar refractivity (Wildman–Crippen MR) is 81.0 cm³/mol. The molecule has 2 heterocycles. The number of hydrogen-bond acceptors (Lipinski definition) is 4. The highest BCUT2D eigenvalue weighted by Crippen LogP contribution is 2.20. The highest BCUT2D eigenvalue weighted by molar-refractivity contribution is 5.97. The molecule has 1 fully saturated rings. The van der Waals surface area contributed by atoms with E-state index in [4.69, 9.17) is 5.73 Å². The molecule has 0 bridgehead atoms. The maximum atomic E-state index is 11.6. The van der Waals surface area contributed by atoms with Crippen molar-refractivity contribution in [3.63, 3.8) is 0 Å². The minimum atomic E-state index is -0.414. The highest BCUT2D eigenvalue weighted by atomic mass is 16.1. The average molecular weight is 276 g/mol. The number of rotatable bonds is 5. The van der Waals surface area contributed by atoms with E-state index in [1.165, 1.54) is 19.3 Å². The monoisotopic (exact) mass is 276 g/mol. The molecular formula is C15H24N4O. The molecule has 0 aromatic carbocycles. The van der Waals surface area contributed by atoms with E-state index in [0.717, 1.165) is 25.3 Å². The normalized spacial score (nSPS) is 18.8. The summed E-state index contributed by atoms with van der Waals surface area (Å²) in [6.07, 6.45) is 3.69. The Kier molecular flexibility index (Phi) is 4.95. The molecule has 110 valence electrons. The van der Waals surface area contributed by atoms with Crippen molar-refractivity contribution in [2.45, 2.75) is 39.2 Å². The van der Waals surface area contributed by atoms with E-state index >= 15 is 0 Å². The molecule has 20 heavy (non-hydrogen) atoms. The molecule has 1 saturated heterocycles. The van der Waals surface area contributed by atoms with Crippen molar-refractivity contribution in [3.8, 4) is 0 Å². The van der Waals surface area contributed by atoms with Gasteiger partial charge < -0.3 is 16.0 Å². The molecule has 1 aromatic heterocycles. The van der Waals surface area contributed by atoms with Crippen LogP contribution in [0.3, 0.4) is 0 Å². The van der Waals surface area contributed by atoms with Gasteiger partial charge in [0.05, 0.1) is 5.56 Å². The van der Waals surface area contributed by atoms with Gasteiger partial charge in [-0.1, -0.05) is 6.42 Å². The van der Waals surface area contributed by atoms with Gasteiger partial charge >= 0.3 is 0 Å². The lowest BCUT2D eigenvalue weighted by Crippen LogP contribution is -2.44. The molecule has 0 radical (unpaired) electrons. The summed E-state index contributed by atoms with van der Waals surface area (Å²) in [4.78, 5) is 18.3. The number of pyridine rings is 1. The largest absolute Gasteiger partial charge is 0.365 e. The fourth-order valence-electron chi connectivity index (χ4n) is 2.69. The van der Waals surface area contributed by atoms with Gasteiger partial charge in [-0.25, -0.2) is 4.98 Å². The van der Waals surface area contributed by atoms with Crippen LogP contribution in [-0.4, -0.2) is 36.6 Å². The first kappa shape index (κ1) is 14.8. The molecule has 5 nitrogen and oxygen atoms in total. The summed E-state index contributed by atoms with van der Waals surface area (Å²) in [6, 6.07) is 4.07. The molecular weight excluding hydrogens is 252 g/mol. The van der Waals surface area contributed by atoms with E-state index in [-0.39, 0.29) is 0 Å². The number of nitrogens with two attached hydrogens (primary N) is 1. The van der Waals surface area contributed by atoms with Crippen molar-refractivity contribution in [2.75, 3.05) is 24.5 Å². The Balaban J connectivity index is 2.21. The maximum Gasteiger partial charge on any atom is 0.252 e. The number of nitrogens with zero attached hydrogens (tertiary/aromatic N) is 2. The van der Waals surface area contributed by atoms with Crippen LogP contribution in [0.2, 0.25) is 0 Å². The lowest BCUT2D eigenvalue weighted by Gasteiger charge is -2.31. The number of carbonyl (C=O) groups excluding carboxylic acids is 1. The molecule has 5 heteroatoms. The van der Waals surface area contributed by atoms with Gasteiger partial charge in [0.1, 0.15) is 5.82 Å². The average Bonchev–Trinajstić information content (AvgIpc) is 2.45. The molecule has 1 aromatic rings. The SMILES string of the molecule is CCN(CC1CCCCN1)c1nc(C)ccc1C(N)=O. The highest BCUT2D eigenvalue weighted by Gasteiger charge is 2.20. The first-order valence-electron chi connectivity index (χ1n) is 7.37. The zero-order valence-corrected chi connectivity index (χ0v) is 12.4. The molecule has 0 saturated carbocycles. The smallest absolute Gasteiger partial charge is 0.252 e. The minimum Gasteiger partial charge on any atom is -0.365 e. The number of primary amides is 1. The van der Waals surface area contributed by atoms with Gasteiger partial charge in [-0.15, -0.1) is 0 Å². The van der Waals surface area contributed by atoms with E-state index in [1.807, 2.05) is 13.0 Å². The summed E-state index contributed by atoms with van der Waals surface area (Å²) in [7, 11) is 0. The third-order valence-corrected chi connectivity index (χ3v) is 3.81. The summed E-state index contributed by atoms with van der Waals surface area (Å²) >= 11 is 0. The lowest BCUT2D eigenvalue weighted by molar-refractivity contribution is 0.100. The number of hydrogen-bond donors (Lipinski definition) is 2. The standard InChI is InChI=1S/C15H24N4O/c1-3-19(10-12-6-4-5-9-17-12)15-13(14(16)20)8-7-11(2)18-15/h7-8,12,17H,3-6,9-10H2,1-2H3,(H2,16,20). The van der Waals surface area contributed by atoms with Crippen LogP contribution in [0, 0.1) is 6.92 Å². The van der Waals surface area contributed by atoms with E-state index in [2.05, 4.69) is 22.1 Å². The first-order valence-corrected chi connectivity index (χ1v) is 7.37. The Labute approximate surface area is 120 Å². The van der Waals surface area contributed by atoms with E-state index in [0.29, 0.717) is 17.4 Å². The van der Waals surface area contributed by atoms with Crippen LogP contribution in [0.4, 0.5) is 5.82 Å². The molecule has 3 N–H and O–H groups in total. The molecule has 1 unspecified atom stereocenters. The Morgan fingerprint density at radius 3 is 2.90 bits per heavy atom. The number of carbonyl (C=O) groups is 1. The topological polar surface area (TPSA) is 71.2 Å². The number of anilines is 1. The number of aromatic nitrogens is 1. The second-order valence-corrected chi connectivity index (χ2v) is 5.37. The van der Waals surface area contributed by atoms with Crippen LogP contribution in [0.1, 0.15) is 42.2 Å². The van der Waals surface area contributed by atoms with Gasteiger partial charge in [0, 0.05) is 24.8 Å². The molecule has 0 aliphatic carbocycles. The second kappa shape index (κ2) is 6.70. The van der Waals surface area contributed by atoms with Crippen molar-refractivity contribution in [2.24, 2.45) is 5.73 Å². The van der Waals surface area contributed by atoms with Gasteiger partial charge in [-0.2, -0.15) is 0 Å². The van der Waals surface area contributed by atoms with Crippen LogP contribution >= 0.6 is 0 Å². The second-order valence-electron chi connectivity index (χ2n) is 5.37. The van der Waals surface area contributed by atoms with Crippen molar-refractivity contribution in [3.05, 3.63) is 23.4 Å². The maximum absolute atomic E-state index is 11.6. The predicted octanol–water partition coefficient (Wildman–Crippen LogP) is 1.46. The number of aryl methyl sites for hydroxylation is 1. The van der Waals surface area contributed by atoms with E-state index < -0.39 is 5.91 Å². The number of likely N-dealkylation sites (N-methyl/N-ethyl adjacent to an activating group) is 1. The molecule has 0 spiro atoms. The van der Waals surface area contributed by atoms with Crippen molar-refractivity contribution in [1.29, 1.82) is 0 Å². The summed E-state index contributed by atoms with van der Waals surface area (Å²) in [5.41, 5.74) is 6.88. The third kappa shape index (κ3) is 3.48. The zero-order chi connectivity index (χ0) is 14.5. The van der Waals surface area contributed by atoms with Crippen LogP contribution in [0.15, 0.2) is 12.1 Å². The quantitative estimate of drug-likeness (QED) is 0.854. The van der Waals surface area contributed by atoms with Crippen LogP contribution in [0.25, 0.3) is 0 Å². The van der Waals surface area contributed by atoms with Crippen molar-refractivity contribution in [1.82, 2.24) is 10.3 Å². The van der Waals surface area contributed by atoms with Gasteiger partial charge in [0.15, 0.2) is 0 Å². The fourth-order valence-corrected chi connectivity index (χ4v) is 2.69.